The van der Waals surface area contributed by atoms with E-state index in [0.29, 0.717) is 44.2 Å². The highest BCUT2D eigenvalue weighted by molar-refractivity contribution is 7.89. The lowest BCUT2D eigenvalue weighted by molar-refractivity contribution is 0.0730. The molecule has 2 fully saturated rings. The van der Waals surface area contributed by atoms with E-state index in [4.69, 9.17) is 4.74 Å². The summed E-state index contributed by atoms with van der Waals surface area (Å²) in [4.78, 5) is 13.0. The van der Waals surface area contributed by atoms with E-state index >= 15 is 0 Å². The summed E-state index contributed by atoms with van der Waals surface area (Å²) in [5, 5.41) is 6.38. The lowest BCUT2D eigenvalue weighted by Gasteiger charge is -2.30. The van der Waals surface area contributed by atoms with Gasteiger partial charge >= 0.3 is 0 Å². The molecule has 9 heteroatoms. The van der Waals surface area contributed by atoms with Gasteiger partial charge in [0.15, 0.2) is 0 Å². The van der Waals surface area contributed by atoms with Crippen LogP contribution in [0.2, 0.25) is 0 Å². The van der Waals surface area contributed by atoms with Crippen LogP contribution in [0, 0.1) is 5.92 Å². The van der Waals surface area contributed by atoms with E-state index in [0.717, 1.165) is 25.1 Å². The summed E-state index contributed by atoms with van der Waals surface area (Å²) in [7, 11) is -3.64. The van der Waals surface area contributed by atoms with E-state index in [9.17, 15) is 13.2 Å². The summed E-state index contributed by atoms with van der Waals surface area (Å²) in [5.74, 6) is 0.129. The van der Waals surface area contributed by atoms with Crippen molar-refractivity contribution in [2.24, 2.45) is 5.92 Å². The van der Waals surface area contributed by atoms with Gasteiger partial charge in [-0.15, -0.1) is 12.4 Å². The van der Waals surface area contributed by atoms with Gasteiger partial charge in [0.1, 0.15) is 0 Å². The maximum atomic E-state index is 13.1. The monoisotopic (exact) mass is 431 g/mol. The van der Waals surface area contributed by atoms with Gasteiger partial charge in [-0.1, -0.05) is 19.9 Å². The van der Waals surface area contributed by atoms with Crippen molar-refractivity contribution in [3.63, 3.8) is 0 Å². The van der Waals surface area contributed by atoms with Gasteiger partial charge in [0.2, 0.25) is 10.0 Å². The smallest absolute Gasteiger partial charge is 0.251 e. The molecule has 3 rings (SSSR count). The van der Waals surface area contributed by atoms with E-state index in [1.54, 1.807) is 12.1 Å². The lowest BCUT2D eigenvalue weighted by atomic mass is 9.95. The number of amides is 1. The average Bonchev–Trinajstić information content (AvgIpc) is 2.69. The summed E-state index contributed by atoms with van der Waals surface area (Å²) < 4.78 is 32.9. The minimum absolute atomic E-state index is 0. The number of sulfonamides is 1. The molecule has 158 valence electrons. The first kappa shape index (κ1) is 23.1. The third-order valence-electron chi connectivity index (χ3n) is 5.40. The maximum Gasteiger partial charge on any atom is 0.251 e. The highest BCUT2D eigenvalue weighted by Crippen LogP contribution is 2.24. The lowest BCUT2D eigenvalue weighted by Crippen LogP contribution is -2.48. The van der Waals surface area contributed by atoms with Crippen molar-refractivity contribution >= 4 is 28.3 Å². The molecule has 2 unspecified atom stereocenters. The fourth-order valence-electron chi connectivity index (χ4n) is 3.63. The van der Waals surface area contributed by atoms with Crippen LogP contribution in [-0.4, -0.2) is 64.1 Å². The van der Waals surface area contributed by atoms with E-state index in [1.165, 1.54) is 10.4 Å². The highest BCUT2D eigenvalue weighted by Gasteiger charge is 2.29. The third kappa shape index (κ3) is 5.04. The summed E-state index contributed by atoms with van der Waals surface area (Å²) in [6.45, 7) is 7.25. The van der Waals surface area contributed by atoms with Crippen molar-refractivity contribution in [1.82, 2.24) is 14.9 Å². The molecule has 2 atom stereocenters. The van der Waals surface area contributed by atoms with Crippen LogP contribution in [0.15, 0.2) is 23.1 Å². The quantitative estimate of drug-likeness (QED) is 0.736. The van der Waals surface area contributed by atoms with Crippen molar-refractivity contribution in [2.45, 2.75) is 37.6 Å². The zero-order chi connectivity index (χ0) is 19.4. The number of morpholine rings is 1. The zero-order valence-electron chi connectivity index (χ0n) is 16.4. The first-order valence-corrected chi connectivity index (χ1v) is 11.1. The van der Waals surface area contributed by atoms with Gasteiger partial charge < -0.3 is 15.4 Å². The molecule has 1 amide bonds. The Balaban J connectivity index is 0.00000280. The first-order chi connectivity index (χ1) is 12.9. The second-order valence-corrected chi connectivity index (χ2v) is 9.15. The molecule has 2 saturated heterocycles. The van der Waals surface area contributed by atoms with Gasteiger partial charge in [-0.05, 0) is 49.5 Å². The number of aryl methyl sites for hydroxylation is 1. The number of carbonyl (C=O) groups excluding carboxylic acids is 1. The van der Waals surface area contributed by atoms with E-state index < -0.39 is 10.0 Å². The largest absolute Gasteiger partial charge is 0.379 e. The van der Waals surface area contributed by atoms with Crippen LogP contribution in [0.25, 0.3) is 0 Å². The van der Waals surface area contributed by atoms with E-state index in [2.05, 4.69) is 17.6 Å². The molecule has 0 aromatic heterocycles. The number of hydrogen-bond acceptors (Lipinski definition) is 5. The van der Waals surface area contributed by atoms with Crippen LogP contribution in [0.1, 0.15) is 36.2 Å². The number of carbonyl (C=O) groups is 1. The molecule has 7 nitrogen and oxygen atoms in total. The van der Waals surface area contributed by atoms with Gasteiger partial charge in [0, 0.05) is 24.7 Å². The fourth-order valence-corrected chi connectivity index (χ4v) is 5.36. The Morgan fingerprint density at radius 1 is 1.32 bits per heavy atom. The Morgan fingerprint density at radius 3 is 2.68 bits per heavy atom. The van der Waals surface area contributed by atoms with E-state index in [-0.39, 0.29) is 29.3 Å². The maximum absolute atomic E-state index is 13.1. The van der Waals surface area contributed by atoms with Crippen molar-refractivity contribution in [3.8, 4) is 0 Å². The molecule has 2 aliphatic rings. The number of nitrogens with one attached hydrogen (secondary N) is 2. The molecule has 0 radical (unpaired) electrons. The van der Waals surface area contributed by atoms with Crippen LogP contribution < -0.4 is 10.6 Å². The third-order valence-corrected chi connectivity index (χ3v) is 7.38. The Labute approximate surface area is 173 Å². The van der Waals surface area contributed by atoms with Crippen molar-refractivity contribution in [2.75, 3.05) is 39.4 Å². The molecular weight excluding hydrogens is 402 g/mol. The molecular formula is C19H30ClN3O4S. The van der Waals surface area contributed by atoms with Crippen LogP contribution in [-0.2, 0) is 21.2 Å². The standard InChI is InChI=1S/C19H29N3O4S.ClH/c1-3-15-4-5-16(19(23)21-17-6-7-20-13-14(17)2)12-18(15)27(24,25)22-8-10-26-11-9-22;/h4-5,12,14,17,20H,3,6-11,13H2,1-2H3,(H,21,23);1H. The number of benzene rings is 1. The van der Waals surface area contributed by atoms with Gasteiger partial charge in [-0.2, -0.15) is 4.31 Å². The van der Waals surface area contributed by atoms with Gasteiger partial charge in [0.05, 0.1) is 18.1 Å². The predicted molar refractivity (Wildman–Crippen MR) is 111 cm³/mol. The predicted octanol–water partition coefficient (Wildman–Crippen LogP) is 1.42. The van der Waals surface area contributed by atoms with Crippen LogP contribution in [0.5, 0.6) is 0 Å². The molecule has 0 aliphatic carbocycles. The summed E-state index contributed by atoms with van der Waals surface area (Å²) >= 11 is 0. The van der Waals surface area contributed by atoms with Crippen LogP contribution in [0.4, 0.5) is 0 Å². The summed E-state index contributed by atoms with van der Waals surface area (Å²) in [5.41, 5.74) is 1.12. The molecule has 0 saturated carbocycles. The SMILES string of the molecule is CCc1ccc(C(=O)NC2CCNCC2C)cc1S(=O)(=O)N1CCOCC1.Cl. The average molecular weight is 432 g/mol. The topological polar surface area (TPSA) is 87.7 Å². The minimum atomic E-state index is -3.64. The second kappa shape index (κ2) is 10.0. The minimum Gasteiger partial charge on any atom is -0.379 e. The van der Waals surface area contributed by atoms with Crippen molar-refractivity contribution < 1.29 is 17.9 Å². The molecule has 2 heterocycles. The number of halogens is 1. The summed E-state index contributed by atoms with van der Waals surface area (Å²) in [6.07, 6.45) is 1.46. The second-order valence-electron chi connectivity index (χ2n) is 7.24. The summed E-state index contributed by atoms with van der Waals surface area (Å²) in [6, 6.07) is 5.11. The number of rotatable bonds is 5. The Morgan fingerprint density at radius 2 is 2.04 bits per heavy atom. The molecule has 1 aromatic carbocycles. The van der Waals surface area contributed by atoms with Crippen molar-refractivity contribution in [1.29, 1.82) is 0 Å². The fraction of sp³-hybridized carbons (Fsp3) is 0.632. The molecule has 0 spiro atoms. The molecule has 0 bridgehead atoms. The molecule has 1 aromatic rings. The highest BCUT2D eigenvalue weighted by atomic mass is 35.5. The Kier molecular flexibility index (Phi) is 8.27. The molecule has 2 N–H and O–H groups in total. The van der Waals surface area contributed by atoms with E-state index in [1.807, 2.05) is 6.92 Å². The molecule has 2 aliphatic heterocycles. The number of nitrogens with zero attached hydrogens (tertiary/aromatic N) is 1. The van der Waals surface area contributed by atoms with Gasteiger partial charge in [-0.25, -0.2) is 8.42 Å². The zero-order valence-corrected chi connectivity index (χ0v) is 18.1. The van der Waals surface area contributed by atoms with Gasteiger partial charge in [-0.3, -0.25) is 4.79 Å². The van der Waals surface area contributed by atoms with Crippen LogP contribution >= 0.6 is 12.4 Å². The number of hydrogen-bond donors (Lipinski definition) is 2. The first-order valence-electron chi connectivity index (χ1n) is 9.66. The Hall–Kier alpha value is -1.19. The van der Waals surface area contributed by atoms with Gasteiger partial charge in [0.25, 0.3) is 5.91 Å². The molecule has 28 heavy (non-hydrogen) atoms. The van der Waals surface area contributed by atoms with Crippen LogP contribution in [0.3, 0.4) is 0 Å². The number of ether oxygens (including phenoxy) is 1. The normalized spacial score (nSPS) is 23.6. The van der Waals surface area contributed by atoms with Crippen molar-refractivity contribution in [3.05, 3.63) is 29.3 Å². The number of piperidine rings is 1. The Bertz CT molecular complexity index is 781.